The Balaban J connectivity index is 1.78. The Kier molecular flexibility index (Phi) is 5.58. The Morgan fingerprint density at radius 1 is 0.909 bits per heavy atom. The maximum absolute atomic E-state index is 13.4. The predicted molar refractivity (Wildman–Crippen MR) is 78.0 cm³/mol. The van der Waals surface area contributed by atoms with Crippen molar-refractivity contribution in [3.63, 3.8) is 0 Å². The molecule has 0 aliphatic rings. The second-order valence-electron chi connectivity index (χ2n) is 4.92. The van der Waals surface area contributed by atoms with Gasteiger partial charge in [0, 0.05) is 6.54 Å². The predicted octanol–water partition coefficient (Wildman–Crippen LogP) is 3.86. The number of amides is 1. The van der Waals surface area contributed by atoms with E-state index in [4.69, 9.17) is 0 Å². The van der Waals surface area contributed by atoms with Crippen LogP contribution in [0.3, 0.4) is 0 Å². The summed E-state index contributed by atoms with van der Waals surface area (Å²) >= 11 is 0. The topological polar surface area (TPSA) is 29.1 Å². The number of rotatable bonds is 6. The number of unbranched alkanes of at least 4 members (excludes halogenated alkanes) is 1. The van der Waals surface area contributed by atoms with Crippen molar-refractivity contribution in [3.8, 4) is 0 Å². The van der Waals surface area contributed by atoms with E-state index in [1.54, 1.807) is 0 Å². The summed E-state index contributed by atoms with van der Waals surface area (Å²) in [5.74, 6) is -5.13. The summed E-state index contributed by atoms with van der Waals surface area (Å²) in [4.78, 5) is 11.7. The third-order valence-corrected chi connectivity index (χ3v) is 3.30. The summed E-state index contributed by atoms with van der Waals surface area (Å²) in [7, 11) is 0. The Bertz CT molecular complexity index is 644. The second-order valence-corrected chi connectivity index (χ2v) is 4.92. The van der Waals surface area contributed by atoms with Crippen LogP contribution in [-0.4, -0.2) is 12.5 Å². The van der Waals surface area contributed by atoms with E-state index in [1.807, 2.05) is 30.3 Å². The van der Waals surface area contributed by atoms with Crippen LogP contribution in [0.2, 0.25) is 0 Å². The van der Waals surface area contributed by atoms with Gasteiger partial charge in [0.1, 0.15) is 0 Å². The van der Waals surface area contributed by atoms with Crippen molar-refractivity contribution in [2.75, 3.05) is 6.54 Å². The van der Waals surface area contributed by atoms with Gasteiger partial charge in [0.05, 0.1) is 5.56 Å². The van der Waals surface area contributed by atoms with Crippen LogP contribution in [0.5, 0.6) is 0 Å². The number of aryl methyl sites for hydroxylation is 1. The fraction of sp³-hybridized carbons (Fsp3) is 0.235. The minimum Gasteiger partial charge on any atom is -0.352 e. The summed E-state index contributed by atoms with van der Waals surface area (Å²) in [5, 5.41) is 2.50. The zero-order valence-electron chi connectivity index (χ0n) is 11.9. The molecule has 2 aromatic rings. The Hall–Kier alpha value is -2.30. The van der Waals surface area contributed by atoms with E-state index < -0.39 is 28.9 Å². The quantitative estimate of drug-likeness (QED) is 0.637. The maximum atomic E-state index is 13.4. The van der Waals surface area contributed by atoms with Gasteiger partial charge in [-0.1, -0.05) is 30.3 Å². The third-order valence-electron chi connectivity index (χ3n) is 3.30. The lowest BCUT2D eigenvalue weighted by Gasteiger charge is -2.07. The van der Waals surface area contributed by atoms with Crippen LogP contribution in [0.4, 0.5) is 13.2 Å². The lowest BCUT2D eigenvalue weighted by Crippen LogP contribution is -2.26. The van der Waals surface area contributed by atoms with Crippen molar-refractivity contribution < 1.29 is 18.0 Å². The first-order chi connectivity index (χ1) is 10.6. The first-order valence-electron chi connectivity index (χ1n) is 7.05. The second kappa shape index (κ2) is 7.64. The maximum Gasteiger partial charge on any atom is 0.254 e. The fourth-order valence-corrected chi connectivity index (χ4v) is 2.10. The molecule has 1 N–H and O–H groups in total. The summed E-state index contributed by atoms with van der Waals surface area (Å²) in [6.07, 6.45) is 2.47. The van der Waals surface area contributed by atoms with Gasteiger partial charge in [-0.2, -0.15) is 0 Å². The van der Waals surface area contributed by atoms with Crippen molar-refractivity contribution in [1.82, 2.24) is 5.32 Å². The van der Waals surface area contributed by atoms with E-state index >= 15 is 0 Å². The number of benzene rings is 2. The van der Waals surface area contributed by atoms with E-state index in [9.17, 15) is 18.0 Å². The molecule has 0 fully saturated rings. The van der Waals surface area contributed by atoms with Crippen LogP contribution < -0.4 is 5.32 Å². The standard InChI is InChI=1S/C17H16F3NO/c18-14-10-9-13(15(19)16(14)20)17(22)21-11-5-4-8-12-6-2-1-3-7-12/h1-3,6-7,9-10H,4-5,8,11H2,(H,21,22). The molecular weight excluding hydrogens is 291 g/mol. The van der Waals surface area contributed by atoms with Crippen LogP contribution in [0.1, 0.15) is 28.8 Å². The molecule has 2 aromatic carbocycles. The average molecular weight is 307 g/mol. The molecule has 0 aliphatic carbocycles. The Morgan fingerprint density at radius 2 is 1.64 bits per heavy atom. The number of carbonyl (C=O) groups excluding carboxylic acids is 1. The highest BCUT2D eigenvalue weighted by Gasteiger charge is 2.18. The number of halogens is 3. The fourth-order valence-electron chi connectivity index (χ4n) is 2.10. The molecule has 5 heteroatoms. The van der Waals surface area contributed by atoms with Crippen molar-refractivity contribution in [1.29, 1.82) is 0 Å². The molecule has 0 heterocycles. The minimum atomic E-state index is -1.63. The van der Waals surface area contributed by atoms with Gasteiger partial charge >= 0.3 is 0 Å². The largest absolute Gasteiger partial charge is 0.352 e. The Labute approximate surface area is 127 Å². The molecule has 1 amide bonds. The van der Waals surface area contributed by atoms with Gasteiger partial charge in [-0.25, -0.2) is 13.2 Å². The van der Waals surface area contributed by atoms with Crippen molar-refractivity contribution in [2.45, 2.75) is 19.3 Å². The summed E-state index contributed by atoms with van der Waals surface area (Å²) < 4.78 is 39.3. The van der Waals surface area contributed by atoms with Crippen LogP contribution in [0, 0.1) is 17.5 Å². The molecule has 2 nitrogen and oxygen atoms in total. The van der Waals surface area contributed by atoms with E-state index in [0.717, 1.165) is 25.0 Å². The first kappa shape index (κ1) is 16.1. The van der Waals surface area contributed by atoms with Crippen molar-refractivity contribution >= 4 is 5.91 Å². The van der Waals surface area contributed by atoms with Gasteiger partial charge < -0.3 is 5.32 Å². The normalized spacial score (nSPS) is 10.5. The number of hydrogen-bond acceptors (Lipinski definition) is 1. The highest BCUT2D eigenvalue weighted by Crippen LogP contribution is 2.15. The van der Waals surface area contributed by atoms with Gasteiger partial charge in [0.2, 0.25) is 0 Å². The van der Waals surface area contributed by atoms with Gasteiger partial charge in [-0.05, 0) is 37.0 Å². The smallest absolute Gasteiger partial charge is 0.254 e. The first-order valence-corrected chi connectivity index (χ1v) is 7.05. The molecule has 0 saturated carbocycles. The summed E-state index contributed by atoms with van der Waals surface area (Å²) in [6.45, 7) is 0.351. The molecule has 0 aliphatic heterocycles. The SMILES string of the molecule is O=C(NCCCCc1ccccc1)c1ccc(F)c(F)c1F. The molecule has 22 heavy (non-hydrogen) atoms. The lowest BCUT2D eigenvalue weighted by atomic mass is 10.1. The molecule has 0 unspecified atom stereocenters. The van der Waals surface area contributed by atoms with Crippen LogP contribution in [-0.2, 0) is 6.42 Å². The molecule has 116 valence electrons. The van der Waals surface area contributed by atoms with Gasteiger partial charge in [-0.3, -0.25) is 4.79 Å². The van der Waals surface area contributed by atoms with E-state index in [-0.39, 0.29) is 0 Å². The summed E-state index contributed by atoms with van der Waals surface area (Å²) in [5.41, 5.74) is 0.724. The molecule has 0 spiro atoms. The van der Waals surface area contributed by atoms with E-state index in [1.165, 1.54) is 5.56 Å². The van der Waals surface area contributed by atoms with Crippen molar-refractivity contribution in [3.05, 3.63) is 71.0 Å². The summed E-state index contributed by atoms with van der Waals surface area (Å²) in [6, 6.07) is 11.6. The van der Waals surface area contributed by atoms with Crippen LogP contribution in [0.25, 0.3) is 0 Å². The van der Waals surface area contributed by atoms with Gasteiger partial charge in [0.25, 0.3) is 5.91 Å². The zero-order valence-corrected chi connectivity index (χ0v) is 11.9. The highest BCUT2D eigenvalue weighted by atomic mass is 19.2. The van der Waals surface area contributed by atoms with Crippen LogP contribution >= 0.6 is 0 Å². The minimum absolute atomic E-state index is 0.351. The van der Waals surface area contributed by atoms with Crippen molar-refractivity contribution in [2.24, 2.45) is 0 Å². The molecule has 0 bridgehead atoms. The molecular formula is C17H16F3NO. The average Bonchev–Trinajstić information content (AvgIpc) is 2.53. The molecule has 0 radical (unpaired) electrons. The van der Waals surface area contributed by atoms with E-state index in [0.29, 0.717) is 13.0 Å². The number of carbonyl (C=O) groups is 1. The monoisotopic (exact) mass is 307 g/mol. The van der Waals surface area contributed by atoms with Gasteiger partial charge in [0.15, 0.2) is 17.5 Å². The van der Waals surface area contributed by atoms with E-state index in [2.05, 4.69) is 5.32 Å². The number of hydrogen-bond donors (Lipinski definition) is 1. The molecule has 0 aromatic heterocycles. The zero-order chi connectivity index (χ0) is 15.9. The highest BCUT2D eigenvalue weighted by molar-refractivity contribution is 5.94. The Morgan fingerprint density at radius 3 is 2.36 bits per heavy atom. The molecule has 2 rings (SSSR count). The third kappa shape index (κ3) is 4.10. The number of nitrogens with one attached hydrogen (secondary N) is 1. The van der Waals surface area contributed by atoms with Crippen LogP contribution in [0.15, 0.2) is 42.5 Å². The van der Waals surface area contributed by atoms with Gasteiger partial charge in [-0.15, -0.1) is 0 Å². The molecule has 0 atom stereocenters. The molecule has 0 saturated heterocycles. The lowest BCUT2D eigenvalue weighted by molar-refractivity contribution is 0.0947.